The molecular weight excluding hydrogens is 418 g/mol. The summed E-state index contributed by atoms with van der Waals surface area (Å²) in [7, 11) is -0.0813. The maximum Gasteiger partial charge on any atom is 0.191 e. The van der Waals surface area contributed by atoms with E-state index >= 15 is 0 Å². The van der Waals surface area contributed by atoms with Crippen LogP contribution in [-0.2, 0) is 16.4 Å². The molecule has 0 saturated carbocycles. The van der Waals surface area contributed by atoms with Gasteiger partial charge in [0.15, 0.2) is 15.8 Å². The summed E-state index contributed by atoms with van der Waals surface area (Å²) in [5, 5.41) is 6.18. The van der Waals surface area contributed by atoms with Gasteiger partial charge < -0.3 is 15.4 Å². The van der Waals surface area contributed by atoms with Crippen molar-refractivity contribution in [2.75, 3.05) is 26.5 Å². The summed E-state index contributed by atoms with van der Waals surface area (Å²) in [6.07, 6.45) is 0. The Bertz CT molecular complexity index is 852. The highest BCUT2D eigenvalue weighted by Crippen LogP contribution is 2.17. The number of nitrogens with one attached hydrogen (secondary N) is 2. The van der Waals surface area contributed by atoms with Gasteiger partial charge in [0.1, 0.15) is 5.75 Å². The van der Waals surface area contributed by atoms with Gasteiger partial charge in [0.25, 0.3) is 0 Å². The van der Waals surface area contributed by atoms with Gasteiger partial charge in [0, 0.05) is 30.2 Å². The van der Waals surface area contributed by atoms with Gasteiger partial charge in [0.2, 0.25) is 0 Å². The second kappa shape index (κ2) is 9.59. The molecule has 6 nitrogen and oxygen atoms in total. The first-order valence-electron chi connectivity index (χ1n) is 8.01. The van der Waals surface area contributed by atoms with Crippen LogP contribution in [0.4, 0.5) is 0 Å². The molecule has 0 bridgehead atoms. The minimum atomic E-state index is -3.34. The molecular formula is C18H22BrN3O3S. The van der Waals surface area contributed by atoms with Gasteiger partial charge in [-0.05, 0) is 30.3 Å². The van der Waals surface area contributed by atoms with Crippen molar-refractivity contribution in [3.63, 3.8) is 0 Å². The summed E-state index contributed by atoms with van der Waals surface area (Å²) in [6, 6.07) is 14.3. The molecule has 0 saturated heterocycles. The van der Waals surface area contributed by atoms with Crippen molar-refractivity contribution in [1.29, 1.82) is 0 Å². The van der Waals surface area contributed by atoms with Crippen LogP contribution in [0, 0.1) is 0 Å². The molecule has 140 valence electrons. The zero-order valence-corrected chi connectivity index (χ0v) is 17.1. The molecule has 26 heavy (non-hydrogen) atoms. The summed E-state index contributed by atoms with van der Waals surface area (Å²) < 4.78 is 30.8. The third-order valence-electron chi connectivity index (χ3n) is 3.70. The lowest BCUT2D eigenvalue weighted by Crippen LogP contribution is -2.39. The number of hydrogen-bond donors (Lipinski definition) is 2. The third kappa shape index (κ3) is 5.74. The highest BCUT2D eigenvalue weighted by Gasteiger charge is 2.14. The number of guanidine groups is 1. The van der Waals surface area contributed by atoms with Gasteiger partial charge in [-0.3, -0.25) is 4.99 Å². The van der Waals surface area contributed by atoms with E-state index in [-0.39, 0.29) is 12.3 Å². The molecule has 0 radical (unpaired) electrons. The largest absolute Gasteiger partial charge is 0.496 e. The van der Waals surface area contributed by atoms with Gasteiger partial charge in [-0.25, -0.2) is 8.42 Å². The average molecular weight is 440 g/mol. The van der Waals surface area contributed by atoms with E-state index in [4.69, 9.17) is 4.74 Å². The third-order valence-corrected chi connectivity index (χ3v) is 5.96. The zero-order chi connectivity index (χ0) is 19.0. The zero-order valence-electron chi connectivity index (χ0n) is 14.7. The van der Waals surface area contributed by atoms with E-state index < -0.39 is 9.84 Å². The molecule has 0 aliphatic carbocycles. The highest BCUT2D eigenvalue weighted by atomic mass is 79.9. The number of para-hydroxylation sites is 1. The maximum atomic E-state index is 12.3. The van der Waals surface area contributed by atoms with Crippen LogP contribution in [0.1, 0.15) is 5.56 Å². The summed E-state index contributed by atoms with van der Waals surface area (Å²) in [6.45, 7) is 0.771. The Morgan fingerprint density at radius 2 is 1.81 bits per heavy atom. The number of aliphatic imine (C=N–C) groups is 1. The SMILES string of the molecule is CN=C(NCCS(=O)(=O)c1ccc(Br)cc1)NCc1ccccc1OC. The Morgan fingerprint density at radius 3 is 2.46 bits per heavy atom. The maximum absolute atomic E-state index is 12.3. The quantitative estimate of drug-likeness (QED) is 0.511. The number of rotatable bonds is 7. The lowest BCUT2D eigenvalue weighted by Gasteiger charge is -2.14. The summed E-state index contributed by atoms with van der Waals surface area (Å²) in [5.41, 5.74) is 0.987. The van der Waals surface area contributed by atoms with Crippen LogP contribution >= 0.6 is 15.9 Å². The molecule has 0 amide bonds. The molecule has 0 spiro atoms. The van der Waals surface area contributed by atoms with Gasteiger partial charge in [-0.2, -0.15) is 0 Å². The smallest absolute Gasteiger partial charge is 0.191 e. The van der Waals surface area contributed by atoms with Crippen molar-refractivity contribution >= 4 is 31.7 Å². The Morgan fingerprint density at radius 1 is 1.12 bits per heavy atom. The monoisotopic (exact) mass is 439 g/mol. The van der Waals surface area contributed by atoms with Crippen molar-refractivity contribution in [3.05, 3.63) is 58.6 Å². The van der Waals surface area contributed by atoms with Crippen LogP contribution in [0.25, 0.3) is 0 Å². The minimum absolute atomic E-state index is 0.0238. The number of ether oxygens (including phenoxy) is 1. The second-order valence-electron chi connectivity index (χ2n) is 5.44. The fourth-order valence-corrected chi connectivity index (χ4v) is 3.73. The number of sulfone groups is 1. The van der Waals surface area contributed by atoms with Gasteiger partial charge in [-0.15, -0.1) is 0 Å². The number of benzene rings is 2. The molecule has 2 aromatic rings. The van der Waals surface area contributed by atoms with Crippen LogP contribution in [-0.4, -0.2) is 40.8 Å². The van der Waals surface area contributed by atoms with Crippen LogP contribution in [0.15, 0.2) is 62.9 Å². The van der Waals surface area contributed by atoms with Crippen LogP contribution < -0.4 is 15.4 Å². The fourth-order valence-electron chi connectivity index (χ4n) is 2.31. The van der Waals surface area contributed by atoms with E-state index in [9.17, 15) is 8.42 Å². The molecule has 0 aromatic heterocycles. The fraction of sp³-hybridized carbons (Fsp3) is 0.278. The summed E-state index contributed by atoms with van der Waals surface area (Å²) >= 11 is 3.30. The van der Waals surface area contributed by atoms with E-state index in [1.165, 1.54) is 0 Å². The predicted octanol–water partition coefficient (Wildman–Crippen LogP) is 2.60. The Balaban J connectivity index is 1.88. The van der Waals surface area contributed by atoms with Crippen LogP contribution in [0.5, 0.6) is 5.75 Å². The Kier molecular flexibility index (Phi) is 7.47. The van der Waals surface area contributed by atoms with Crippen LogP contribution in [0.2, 0.25) is 0 Å². The first-order chi connectivity index (χ1) is 12.5. The Hall–Kier alpha value is -2.06. The number of hydrogen-bond acceptors (Lipinski definition) is 4. The van der Waals surface area contributed by atoms with Gasteiger partial charge in [0.05, 0.1) is 17.8 Å². The van der Waals surface area contributed by atoms with E-state index in [0.29, 0.717) is 17.4 Å². The van der Waals surface area contributed by atoms with Crippen LogP contribution in [0.3, 0.4) is 0 Å². The Labute approximate surface area is 162 Å². The number of methoxy groups -OCH3 is 1. The van der Waals surface area contributed by atoms with E-state index in [2.05, 4.69) is 31.6 Å². The molecule has 0 aliphatic rings. The van der Waals surface area contributed by atoms with Crippen molar-refractivity contribution in [2.24, 2.45) is 4.99 Å². The molecule has 2 rings (SSSR count). The summed E-state index contributed by atoms with van der Waals surface area (Å²) in [4.78, 5) is 4.42. The summed E-state index contributed by atoms with van der Waals surface area (Å²) in [5.74, 6) is 1.29. The first-order valence-corrected chi connectivity index (χ1v) is 10.5. The molecule has 0 unspecified atom stereocenters. The van der Waals surface area contributed by atoms with E-state index in [0.717, 1.165) is 15.8 Å². The van der Waals surface area contributed by atoms with Crippen molar-refractivity contribution in [1.82, 2.24) is 10.6 Å². The molecule has 0 heterocycles. The first kappa shape index (κ1) is 20.3. The molecule has 2 N–H and O–H groups in total. The average Bonchev–Trinajstić information content (AvgIpc) is 2.65. The highest BCUT2D eigenvalue weighted by molar-refractivity contribution is 9.10. The number of nitrogens with zero attached hydrogens (tertiary/aromatic N) is 1. The normalized spacial score (nSPS) is 11.9. The lowest BCUT2D eigenvalue weighted by atomic mass is 10.2. The van der Waals surface area contributed by atoms with Gasteiger partial charge >= 0.3 is 0 Å². The van der Waals surface area contributed by atoms with Gasteiger partial charge in [-0.1, -0.05) is 34.1 Å². The van der Waals surface area contributed by atoms with E-state index in [1.807, 2.05) is 24.3 Å². The second-order valence-corrected chi connectivity index (χ2v) is 8.46. The molecule has 0 atom stereocenters. The van der Waals surface area contributed by atoms with Crippen molar-refractivity contribution in [3.8, 4) is 5.75 Å². The van der Waals surface area contributed by atoms with E-state index in [1.54, 1.807) is 38.4 Å². The topological polar surface area (TPSA) is 79.8 Å². The molecule has 0 fully saturated rings. The minimum Gasteiger partial charge on any atom is -0.496 e. The molecule has 2 aromatic carbocycles. The molecule has 8 heteroatoms. The molecule has 0 aliphatic heterocycles. The van der Waals surface area contributed by atoms with Crippen molar-refractivity contribution < 1.29 is 13.2 Å². The standard InChI is InChI=1S/C18H22BrN3O3S/c1-20-18(22-13-14-5-3-4-6-17(14)25-2)21-11-12-26(23,24)16-9-7-15(19)8-10-16/h3-10H,11-13H2,1-2H3,(H2,20,21,22). The predicted molar refractivity (Wildman–Crippen MR) is 107 cm³/mol. The lowest BCUT2D eigenvalue weighted by molar-refractivity contribution is 0.409. The van der Waals surface area contributed by atoms with Crippen molar-refractivity contribution in [2.45, 2.75) is 11.4 Å². The number of halogens is 1.